The quantitative estimate of drug-likeness (QED) is 0.872. The van der Waals surface area contributed by atoms with Crippen molar-refractivity contribution in [3.63, 3.8) is 0 Å². The van der Waals surface area contributed by atoms with E-state index in [0.717, 1.165) is 25.1 Å². The summed E-state index contributed by atoms with van der Waals surface area (Å²) in [5.41, 5.74) is 2.51. The minimum atomic E-state index is 0. The summed E-state index contributed by atoms with van der Waals surface area (Å²) in [4.78, 5) is 4.31. The fourth-order valence-corrected chi connectivity index (χ4v) is 1.91. The molecule has 0 bridgehead atoms. The van der Waals surface area contributed by atoms with Crippen molar-refractivity contribution in [1.82, 2.24) is 10.3 Å². The summed E-state index contributed by atoms with van der Waals surface area (Å²) >= 11 is 0. The molecule has 3 heteroatoms. The Morgan fingerprint density at radius 1 is 1.05 bits per heavy atom. The number of hydrogen-bond acceptors (Lipinski definition) is 2. The first-order chi connectivity index (χ1) is 8.84. The van der Waals surface area contributed by atoms with Crippen molar-refractivity contribution in [3.05, 3.63) is 66.0 Å². The smallest absolute Gasteiger partial charge is 0.0541 e. The van der Waals surface area contributed by atoms with E-state index in [2.05, 4.69) is 53.6 Å². The molecule has 2 nitrogen and oxygen atoms in total. The normalized spacial score (nSPS) is 11.6. The molecule has 2 aromatic rings. The van der Waals surface area contributed by atoms with Crippen LogP contribution in [0.15, 0.2) is 54.7 Å². The van der Waals surface area contributed by atoms with E-state index in [1.807, 2.05) is 18.3 Å². The van der Waals surface area contributed by atoms with Crippen LogP contribution >= 0.6 is 12.4 Å². The first kappa shape index (κ1) is 15.7. The molecule has 0 aliphatic heterocycles. The third kappa shape index (κ3) is 5.86. The molecule has 1 unspecified atom stereocenters. The van der Waals surface area contributed by atoms with Gasteiger partial charge in [-0.1, -0.05) is 36.4 Å². The monoisotopic (exact) mass is 276 g/mol. The lowest BCUT2D eigenvalue weighted by Gasteiger charge is -2.13. The molecule has 0 saturated heterocycles. The Bertz CT molecular complexity index is 401. The van der Waals surface area contributed by atoms with Crippen molar-refractivity contribution in [2.24, 2.45) is 0 Å². The van der Waals surface area contributed by atoms with Crippen LogP contribution < -0.4 is 5.32 Å². The minimum absolute atomic E-state index is 0. The third-order valence-electron chi connectivity index (χ3n) is 3.07. The van der Waals surface area contributed by atoms with Crippen LogP contribution in [0, 0.1) is 0 Å². The second-order valence-electron chi connectivity index (χ2n) is 4.63. The van der Waals surface area contributed by atoms with Gasteiger partial charge in [-0.2, -0.15) is 0 Å². The topological polar surface area (TPSA) is 24.9 Å². The molecule has 0 saturated carbocycles. The molecule has 1 heterocycles. The summed E-state index contributed by atoms with van der Waals surface area (Å²) in [6, 6.07) is 17.2. The van der Waals surface area contributed by atoms with Gasteiger partial charge in [0.2, 0.25) is 0 Å². The van der Waals surface area contributed by atoms with Crippen LogP contribution in [0.3, 0.4) is 0 Å². The van der Waals surface area contributed by atoms with Crippen LogP contribution in [0.25, 0.3) is 0 Å². The van der Waals surface area contributed by atoms with Gasteiger partial charge in [0.25, 0.3) is 0 Å². The molecular weight excluding hydrogens is 256 g/mol. The van der Waals surface area contributed by atoms with Crippen molar-refractivity contribution in [2.45, 2.75) is 32.4 Å². The van der Waals surface area contributed by atoms with Gasteiger partial charge in [0.05, 0.1) is 5.69 Å². The highest BCUT2D eigenvalue weighted by Crippen LogP contribution is 2.05. The Hall–Kier alpha value is -1.38. The lowest BCUT2D eigenvalue weighted by atomic mass is 10.1. The minimum Gasteiger partial charge on any atom is -0.309 e. The SMILES string of the molecule is CC(CCc1ccccc1)NCc1ccccn1.Cl. The third-order valence-corrected chi connectivity index (χ3v) is 3.07. The van der Waals surface area contributed by atoms with Crippen LogP contribution in [-0.2, 0) is 13.0 Å². The maximum Gasteiger partial charge on any atom is 0.0541 e. The number of aryl methyl sites for hydroxylation is 1. The van der Waals surface area contributed by atoms with E-state index >= 15 is 0 Å². The fraction of sp³-hybridized carbons (Fsp3) is 0.312. The second-order valence-corrected chi connectivity index (χ2v) is 4.63. The van der Waals surface area contributed by atoms with E-state index in [1.165, 1.54) is 5.56 Å². The standard InChI is InChI=1S/C16H20N2.ClH/c1-14(10-11-15-7-3-2-4-8-15)18-13-16-9-5-6-12-17-16;/h2-9,12,14,18H,10-11,13H2,1H3;1H. The Balaban J connectivity index is 0.00000180. The number of nitrogens with zero attached hydrogens (tertiary/aromatic N) is 1. The van der Waals surface area contributed by atoms with E-state index < -0.39 is 0 Å². The van der Waals surface area contributed by atoms with E-state index in [-0.39, 0.29) is 12.4 Å². The molecule has 0 aliphatic rings. The maximum atomic E-state index is 4.31. The van der Waals surface area contributed by atoms with Gasteiger partial charge in [-0.05, 0) is 37.5 Å². The molecular formula is C16H21ClN2. The van der Waals surface area contributed by atoms with Crippen molar-refractivity contribution < 1.29 is 0 Å². The molecule has 0 radical (unpaired) electrons. The molecule has 1 aromatic heterocycles. The lowest BCUT2D eigenvalue weighted by Crippen LogP contribution is -2.26. The largest absolute Gasteiger partial charge is 0.309 e. The molecule has 19 heavy (non-hydrogen) atoms. The average Bonchev–Trinajstić information content (AvgIpc) is 2.45. The molecule has 0 spiro atoms. The van der Waals surface area contributed by atoms with E-state index in [0.29, 0.717) is 6.04 Å². The zero-order chi connectivity index (χ0) is 12.6. The van der Waals surface area contributed by atoms with Gasteiger partial charge in [-0.25, -0.2) is 0 Å². The van der Waals surface area contributed by atoms with Gasteiger partial charge in [0, 0.05) is 18.8 Å². The number of pyridine rings is 1. The Morgan fingerprint density at radius 3 is 2.47 bits per heavy atom. The van der Waals surface area contributed by atoms with E-state index in [1.54, 1.807) is 0 Å². The van der Waals surface area contributed by atoms with Crippen LogP contribution in [0.5, 0.6) is 0 Å². The maximum absolute atomic E-state index is 4.31. The fourth-order valence-electron chi connectivity index (χ4n) is 1.91. The molecule has 1 N–H and O–H groups in total. The predicted molar refractivity (Wildman–Crippen MR) is 82.5 cm³/mol. The van der Waals surface area contributed by atoms with Crippen molar-refractivity contribution in [2.75, 3.05) is 0 Å². The van der Waals surface area contributed by atoms with Crippen LogP contribution in [0.1, 0.15) is 24.6 Å². The van der Waals surface area contributed by atoms with Gasteiger partial charge in [0.1, 0.15) is 0 Å². The summed E-state index contributed by atoms with van der Waals surface area (Å²) in [5.74, 6) is 0. The number of aromatic nitrogens is 1. The van der Waals surface area contributed by atoms with E-state index in [9.17, 15) is 0 Å². The van der Waals surface area contributed by atoms with Crippen molar-refractivity contribution >= 4 is 12.4 Å². The van der Waals surface area contributed by atoms with Gasteiger partial charge in [-0.3, -0.25) is 4.98 Å². The van der Waals surface area contributed by atoms with Crippen LogP contribution in [-0.4, -0.2) is 11.0 Å². The number of rotatable bonds is 6. The van der Waals surface area contributed by atoms with Gasteiger partial charge in [-0.15, -0.1) is 12.4 Å². The predicted octanol–water partition coefficient (Wildman–Crippen LogP) is 3.61. The molecule has 0 amide bonds. The zero-order valence-corrected chi connectivity index (χ0v) is 12.1. The summed E-state index contributed by atoms with van der Waals surface area (Å²) in [6.45, 7) is 3.07. The first-order valence-electron chi connectivity index (χ1n) is 6.52. The van der Waals surface area contributed by atoms with Gasteiger partial charge >= 0.3 is 0 Å². The Morgan fingerprint density at radius 2 is 1.79 bits per heavy atom. The van der Waals surface area contributed by atoms with Gasteiger partial charge < -0.3 is 5.32 Å². The highest BCUT2D eigenvalue weighted by Gasteiger charge is 2.02. The van der Waals surface area contributed by atoms with Crippen LogP contribution in [0.4, 0.5) is 0 Å². The first-order valence-corrected chi connectivity index (χ1v) is 6.52. The number of halogens is 1. The second kappa shape index (κ2) is 8.68. The molecule has 0 fully saturated rings. The van der Waals surface area contributed by atoms with Crippen molar-refractivity contribution in [3.8, 4) is 0 Å². The highest BCUT2D eigenvalue weighted by molar-refractivity contribution is 5.85. The summed E-state index contributed by atoms with van der Waals surface area (Å²) < 4.78 is 0. The molecule has 102 valence electrons. The Labute approximate surface area is 121 Å². The Kier molecular flexibility index (Phi) is 7.16. The number of benzene rings is 1. The molecule has 2 rings (SSSR count). The van der Waals surface area contributed by atoms with Gasteiger partial charge in [0.15, 0.2) is 0 Å². The summed E-state index contributed by atoms with van der Waals surface area (Å²) in [7, 11) is 0. The van der Waals surface area contributed by atoms with Crippen LogP contribution in [0.2, 0.25) is 0 Å². The molecule has 0 aliphatic carbocycles. The summed E-state index contributed by atoms with van der Waals surface area (Å²) in [5, 5.41) is 3.51. The molecule has 1 atom stereocenters. The highest BCUT2D eigenvalue weighted by atomic mass is 35.5. The zero-order valence-electron chi connectivity index (χ0n) is 11.3. The average molecular weight is 277 g/mol. The van der Waals surface area contributed by atoms with E-state index in [4.69, 9.17) is 0 Å². The number of hydrogen-bond donors (Lipinski definition) is 1. The van der Waals surface area contributed by atoms with Crippen molar-refractivity contribution in [1.29, 1.82) is 0 Å². The lowest BCUT2D eigenvalue weighted by molar-refractivity contribution is 0.510. The summed E-state index contributed by atoms with van der Waals surface area (Å²) in [6.07, 6.45) is 4.11. The number of nitrogens with one attached hydrogen (secondary N) is 1. The molecule has 1 aromatic carbocycles.